The first-order valence-corrected chi connectivity index (χ1v) is 15.9. The minimum Gasteiger partial charge on any atom is -0.480 e. The van der Waals surface area contributed by atoms with E-state index in [4.69, 9.17) is 0 Å². The molecule has 47 heavy (non-hydrogen) atoms. The number of hydrogen-bond donors (Lipinski definition) is 4. The summed E-state index contributed by atoms with van der Waals surface area (Å²) in [5.74, 6) is -4.82. The maximum atomic E-state index is 13.2. The highest BCUT2D eigenvalue weighted by molar-refractivity contribution is 5.94. The van der Waals surface area contributed by atoms with Crippen LogP contribution in [0.4, 0.5) is 0 Å². The van der Waals surface area contributed by atoms with Crippen LogP contribution in [0.15, 0.2) is 24.3 Å². The van der Waals surface area contributed by atoms with Gasteiger partial charge < -0.3 is 20.4 Å². The molecule has 4 N–H and O–H groups in total. The second-order valence-corrected chi connectivity index (χ2v) is 15.6. The number of hydrazine groups is 1. The summed E-state index contributed by atoms with van der Waals surface area (Å²) >= 11 is 0. The van der Waals surface area contributed by atoms with E-state index in [9.17, 15) is 44.4 Å². The minimum absolute atomic E-state index is 0.0228. The Morgan fingerprint density at radius 3 is 1.17 bits per heavy atom. The van der Waals surface area contributed by atoms with Crippen LogP contribution < -0.4 is 0 Å². The second kappa shape index (κ2) is 15.2. The van der Waals surface area contributed by atoms with Crippen LogP contribution in [0, 0.1) is 16.2 Å². The number of aliphatic carboxylic acids is 4. The van der Waals surface area contributed by atoms with Gasteiger partial charge in [0.2, 0.25) is 0 Å². The van der Waals surface area contributed by atoms with E-state index >= 15 is 0 Å². The van der Waals surface area contributed by atoms with Gasteiger partial charge in [-0.2, -0.15) is 0 Å². The Morgan fingerprint density at radius 1 is 0.532 bits per heavy atom. The van der Waals surface area contributed by atoms with Crippen molar-refractivity contribution < 1.29 is 44.4 Å². The Balaban J connectivity index is 2.92. The molecule has 264 valence electrons. The lowest BCUT2D eigenvalue weighted by Gasteiger charge is -2.49. The zero-order valence-corrected chi connectivity index (χ0v) is 29.5. The Kier molecular flexibility index (Phi) is 12.9. The predicted molar refractivity (Wildman–Crippen MR) is 176 cm³/mol. The number of nitrogens with zero attached hydrogens (tertiary/aromatic N) is 4. The fraction of sp³-hybridized carbons (Fsp3) is 0.676. The molecule has 0 radical (unpaired) electrons. The predicted octanol–water partition coefficient (Wildman–Crippen LogP) is 3.65. The van der Waals surface area contributed by atoms with Gasteiger partial charge in [-0.25, -0.2) is 10.0 Å². The molecule has 4 unspecified atom stereocenters. The number of carboxylic acids is 4. The smallest absolute Gasteiger partial charge is 0.326 e. The van der Waals surface area contributed by atoms with Gasteiger partial charge in [-0.3, -0.25) is 33.8 Å². The first kappa shape index (κ1) is 39.8. The summed E-state index contributed by atoms with van der Waals surface area (Å²) in [5, 5.41) is 45.1. The maximum absolute atomic E-state index is 13.2. The van der Waals surface area contributed by atoms with E-state index in [0.717, 1.165) is 0 Å². The van der Waals surface area contributed by atoms with Crippen molar-refractivity contribution in [2.24, 2.45) is 16.2 Å². The average Bonchev–Trinajstić information content (AvgIpc) is 2.87. The molecular formula is C34H54N4O9. The Bertz CT molecular complexity index is 1290. The van der Waals surface area contributed by atoms with E-state index in [0.29, 0.717) is 11.1 Å². The highest BCUT2D eigenvalue weighted by Gasteiger charge is 2.46. The van der Waals surface area contributed by atoms with E-state index in [2.05, 4.69) is 0 Å². The molecule has 0 aliphatic carbocycles. The summed E-state index contributed by atoms with van der Waals surface area (Å²) in [6.45, 7) is 17.7. The summed E-state index contributed by atoms with van der Waals surface area (Å²) in [6, 6.07) is 1.41. The molecular weight excluding hydrogens is 608 g/mol. The van der Waals surface area contributed by atoms with Gasteiger partial charge in [0, 0.05) is 44.8 Å². The summed E-state index contributed by atoms with van der Waals surface area (Å²) < 4.78 is 0. The van der Waals surface area contributed by atoms with Crippen molar-refractivity contribution >= 4 is 29.7 Å². The van der Waals surface area contributed by atoms with Crippen LogP contribution in [0.1, 0.15) is 91.2 Å². The highest BCUT2D eigenvalue weighted by atomic mass is 16.4. The number of carbonyl (C=O) groups is 5. The van der Waals surface area contributed by atoms with Crippen LogP contribution >= 0.6 is 0 Å². The quantitative estimate of drug-likeness (QED) is 0.267. The van der Waals surface area contributed by atoms with E-state index in [1.54, 1.807) is 72.1 Å². The van der Waals surface area contributed by atoms with Crippen LogP contribution in [-0.4, -0.2) is 127 Å². The van der Waals surface area contributed by atoms with Gasteiger partial charge >= 0.3 is 23.9 Å². The Morgan fingerprint density at radius 2 is 0.872 bits per heavy atom. The average molecular weight is 663 g/mol. The molecule has 1 aromatic carbocycles. The molecule has 1 saturated heterocycles. The largest absolute Gasteiger partial charge is 0.480 e. The fourth-order valence-electron chi connectivity index (χ4n) is 6.71. The fourth-order valence-corrected chi connectivity index (χ4v) is 6.71. The lowest BCUT2D eigenvalue weighted by atomic mass is 9.84. The van der Waals surface area contributed by atoms with Gasteiger partial charge in [0.25, 0.3) is 0 Å². The zero-order chi connectivity index (χ0) is 36.2. The third-order valence-corrected chi connectivity index (χ3v) is 8.59. The van der Waals surface area contributed by atoms with Crippen molar-refractivity contribution in [2.75, 3.05) is 39.3 Å². The van der Waals surface area contributed by atoms with Crippen molar-refractivity contribution in [3.63, 3.8) is 0 Å². The monoisotopic (exact) mass is 662 g/mol. The van der Waals surface area contributed by atoms with Crippen LogP contribution in [0.25, 0.3) is 0 Å². The Labute approximate surface area is 278 Å². The number of ketones is 1. The summed E-state index contributed by atoms with van der Waals surface area (Å²) in [7, 11) is 0. The van der Waals surface area contributed by atoms with Gasteiger partial charge in [-0.15, -0.1) is 0 Å². The van der Waals surface area contributed by atoms with Crippen molar-refractivity contribution in [3.8, 4) is 0 Å². The summed E-state index contributed by atoms with van der Waals surface area (Å²) in [5.41, 5.74) is -1.74. The molecule has 13 nitrogen and oxygen atoms in total. The molecule has 1 aromatic rings. The van der Waals surface area contributed by atoms with Gasteiger partial charge in [0.1, 0.15) is 24.2 Å². The molecule has 0 amide bonds. The first-order chi connectivity index (χ1) is 21.4. The van der Waals surface area contributed by atoms with Gasteiger partial charge in [-0.1, -0.05) is 86.6 Å². The van der Waals surface area contributed by atoms with Crippen LogP contribution in [0.2, 0.25) is 0 Å². The molecule has 13 heteroatoms. The van der Waals surface area contributed by atoms with Crippen molar-refractivity contribution in [1.82, 2.24) is 19.8 Å². The lowest BCUT2D eigenvalue weighted by molar-refractivity contribution is -0.183. The van der Waals surface area contributed by atoms with E-state index in [-0.39, 0.29) is 45.1 Å². The molecule has 1 aliphatic rings. The molecule has 0 saturated carbocycles. The van der Waals surface area contributed by atoms with Crippen molar-refractivity contribution in [1.29, 1.82) is 0 Å². The molecule has 2 rings (SSSR count). The van der Waals surface area contributed by atoms with Gasteiger partial charge in [0.05, 0.1) is 0 Å². The highest BCUT2D eigenvalue weighted by Crippen LogP contribution is 2.34. The number of hydrogen-bond acceptors (Lipinski definition) is 9. The molecule has 1 aliphatic heterocycles. The van der Waals surface area contributed by atoms with E-state index in [1.165, 1.54) is 41.2 Å². The summed E-state index contributed by atoms with van der Waals surface area (Å²) in [6.07, 6.45) is 0. The molecule has 0 aromatic heterocycles. The minimum atomic E-state index is -1.41. The molecule has 1 fully saturated rings. The SMILES string of the molecule is CC(=O)c1ccc(C(C(=O)O)N2CCN(C(C(=O)O)C(C)(C)C)CCN(C(C(=O)O)C(C)(C)C)CCN2C(C(=O)O)C(C)(C)C)cc1. The van der Waals surface area contributed by atoms with Crippen LogP contribution in [0.3, 0.4) is 0 Å². The number of carbonyl (C=O) groups excluding carboxylic acids is 1. The van der Waals surface area contributed by atoms with Crippen molar-refractivity contribution in [2.45, 2.75) is 93.4 Å². The van der Waals surface area contributed by atoms with Gasteiger partial charge in [0.15, 0.2) is 5.78 Å². The topological polar surface area (TPSA) is 179 Å². The number of rotatable bonds is 10. The van der Waals surface area contributed by atoms with Crippen molar-refractivity contribution in [3.05, 3.63) is 35.4 Å². The van der Waals surface area contributed by atoms with Crippen LogP contribution in [-0.2, 0) is 19.2 Å². The summed E-state index contributed by atoms with van der Waals surface area (Å²) in [4.78, 5) is 67.1. The van der Waals surface area contributed by atoms with Crippen LogP contribution in [0.5, 0.6) is 0 Å². The van der Waals surface area contributed by atoms with E-state index in [1.807, 2.05) is 0 Å². The molecule has 1 heterocycles. The molecule has 0 spiro atoms. The molecule has 4 atom stereocenters. The number of carboxylic acid groups (broad SMARTS) is 4. The first-order valence-electron chi connectivity index (χ1n) is 15.9. The normalized spacial score (nSPS) is 19.7. The molecule has 0 bridgehead atoms. The van der Waals surface area contributed by atoms with Gasteiger partial charge in [-0.05, 0) is 28.7 Å². The standard InChI is InChI=1S/C34H54N4O9/c1-21(39)22-11-13-23(14-12-22)24(28(40)41)37-19-17-35(25(29(42)43)32(2,3)4)15-16-36(26(30(44)45)33(5,6)7)18-20-38(37)27(31(46)47)34(8,9)10/h11-14,24-27H,15-20H2,1-10H3,(H,40,41)(H,42,43)(H,44,45)(H,46,47). The van der Waals surface area contributed by atoms with E-state index < -0.39 is 64.3 Å². The Hall–Kier alpha value is -3.39. The zero-order valence-electron chi connectivity index (χ0n) is 29.5. The number of benzene rings is 1. The second-order valence-electron chi connectivity index (χ2n) is 15.6. The third kappa shape index (κ3) is 10.1. The maximum Gasteiger partial charge on any atom is 0.326 e. The number of Topliss-reactive ketones (excluding diaryl/α,β-unsaturated/α-hetero) is 1. The third-order valence-electron chi connectivity index (χ3n) is 8.59. The lowest BCUT2D eigenvalue weighted by Crippen LogP contribution is -2.64.